The number of benzene rings is 2. The lowest BCUT2D eigenvalue weighted by molar-refractivity contribution is -0.137. The molecule has 0 aromatic heterocycles. The van der Waals surface area contributed by atoms with Gasteiger partial charge in [-0.2, -0.15) is 18.3 Å². The minimum Gasteiger partial charge on any atom is -0.494 e. The molecule has 1 aliphatic heterocycles. The van der Waals surface area contributed by atoms with Crippen LogP contribution in [-0.4, -0.2) is 73.9 Å². The monoisotopic (exact) mass is 506 g/mol. The van der Waals surface area contributed by atoms with E-state index < -0.39 is 23.7 Å². The summed E-state index contributed by atoms with van der Waals surface area (Å²) in [5.41, 5.74) is 0.833. The molecule has 11 heteroatoms. The van der Waals surface area contributed by atoms with Crippen molar-refractivity contribution in [2.45, 2.75) is 25.6 Å². The van der Waals surface area contributed by atoms with Gasteiger partial charge in [-0.05, 0) is 55.0 Å². The quantitative estimate of drug-likeness (QED) is 0.445. The summed E-state index contributed by atoms with van der Waals surface area (Å²) in [6, 6.07) is 11.1. The number of nitrogens with one attached hydrogen (secondary N) is 1. The molecule has 1 heterocycles. The van der Waals surface area contributed by atoms with Crippen molar-refractivity contribution in [3.63, 3.8) is 0 Å². The molecule has 0 aliphatic carbocycles. The summed E-state index contributed by atoms with van der Waals surface area (Å²) in [6.07, 6.45) is -2.84. The van der Waals surface area contributed by atoms with E-state index in [0.29, 0.717) is 25.5 Å². The highest BCUT2D eigenvalue weighted by molar-refractivity contribution is 6.06. The van der Waals surface area contributed by atoms with E-state index in [1.807, 2.05) is 31.2 Å². The highest BCUT2D eigenvalue weighted by Crippen LogP contribution is 2.30. The molecular weight excluding hydrogens is 477 g/mol. The average Bonchev–Trinajstić information content (AvgIpc) is 3.26. The van der Waals surface area contributed by atoms with E-state index in [-0.39, 0.29) is 18.8 Å². The van der Waals surface area contributed by atoms with E-state index >= 15 is 0 Å². The zero-order valence-electron chi connectivity index (χ0n) is 20.1. The molecule has 0 radical (unpaired) electrons. The van der Waals surface area contributed by atoms with Crippen LogP contribution in [0.2, 0.25) is 0 Å². The molecule has 1 aliphatic rings. The Labute approximate surface area is 207 Å². The number of carbonyl (C=O) groups is 2. The SMILES string of the molecule is CCCOc1ccc(C2=NN(CC(=O)Nc3ccc(C(F)(F)F)cc3)CC2N(C=O)CCOC)cc1. The van der Waals surface area contributed by atoms with E-state index in [4.69, 9.17) is 9.47 Å². The third-order valence-electron chi connectivity index (χ3n) is 5.48. The normalized spacial score (nSPS) is 15.4. The molecule has 0 fully saturated rings. The van der Waals surface area contributed by atoms with Crippen molar-refractivity contribution in [1.29, 1.82) is 0 Å². The first-order valence-electron chi connectivity index (χ1n) is 11.5. The number of amides is 2. The Morgan fingerprint density at radius 3 is 2.44 bits per heavy atom. The van der Waals surface area contributed by atoms with Gasteiger partial charge in [-0.25, -0.2) is 0 Å². The predicted octanol–water partition coefficient (Wildman–Crippen LogP) is 3.63. The van der Waals surface area contributed by atoms with Crippen molar-refractivity contribution in [1.82, 2.24) is 9.91 Å². The van der Waals surface area contributed by atoms with Gasteiger partial charge in [-0.1, -0.05) is 6.92 Å². The predicted molar refractivity (Wildman–Crippen MR) is 129 cm³/mol. The third-order valence-corrected chi connectivity index (χ3v) is 5.48. The maximum Gasteiger partial charge on any atom is 0.416 e. The molecule has 1 atom stereocenters. The Morgan fingerprint density at radius 2 is 1.86 bits per heavy atom. The lowest BCUT2D eigenvalue weighted by Crippen LogP contribution is -2.44. The fraction of sp³-hybridized carbons (Fsp3) is 0.400. The largest absolute Gasteiger partial charge is 0.494 e. The van der Waals surface area contributed by atoms with Crippen molar-refractivity contribution in [2.24, 2.45) is 5.10 Å². The number of nitrogens with zero attached hydrogens (tertiary/aromatic N) is 3. The first-order chi connectivity index (χ1) is 17.2. The number of ether oxygens (including phenoxy) is 2. The van der Waals surface area contributed by atoms with Gasteiger partial charge >= 0.3 is 6.18 Å². The maximum atomic E-state index is 12.8. The Kier molecular flexibility index (Phi) is 9.29. The standard InChI is InChI=1S/C25H29F3N4O4/c1-3-13-36-21-10-4-18(5-11-21)24-22(31(17-33)12-14-35-2)15-32(30-24)16-23(34)29-20-8-6-19(7-9-20)25(26,27)28/h4-11,17,22H,3,12-16H2,1-2H3,(H,29,34). The van der Waals surface area contributed by atoms with Gasteiger partial charge in [0, 0.05) is 24.9 Å². The second kappa shape index (κ2) is 12.4. The van der Waals surface area contributed by atoms with Gasteiger partial charge in [0.05, 0.1) is 37.1 Å². The van der Waals surface area contributed by atoms with Gasteiger partial charge in [-0.3, -0.25) is 14.6 Å². The van der Waals surface area contributed by atoms with Crippen molar-refractivity contribution >= 4 is 23.7 Å². The van der Waals surface area contributed by atoms with Crippen LogP contribution < -0.4 is 10.1 Å². The van der Waals surface area contributed by atoms with Crippen LogP contribution in [0.3, 0.4) is 0 Å². The molecule has 3 rings (SSSR count). The highest BCUT2D eigenvalue weighted by Gasteiger charge is 2.33. The molecule has 2 amide bonds. The summed E-state index contributed by atoms with van der Waals surface area (Å²) in [4.78, 5) is 26.0. The number of rotatable bonds is 12. The maximum absolute atomic E-state index is 12.8. The van der Waals surface area contributed by atoms with E-state index in [1.165, 1.54) is 17.1 Å². The molecule has 1 N–H and O–H groups in total. The number of alkyl halides is 3. The highest BCUT2D eigenvalue weighted by atomic mass is 19.4. The van der Waals surface area contributed by atoms with Crippen LogP contribution in [0.15, 0.2) is 53.6 Å². The van der Waals surface area contributed by atoms with Gasteiger partial charge in [0.25, 0.3) is 0 Å². The lowest BCUT2D eigenvalue weighted by Gasteiger charge is -2.26. The fourth-order valence-electron chi connectivity index (χ4n) is 3.69. The topological polar surface area (TPSA) is 83.5 Å². The number of carbonyl (C=O) groups excluding carboxylic acids is 2. The lowest BCUT2D eigenvalue weighted by atomic mass is 10.0. The van der Waals surface area contributed by atoms with E-state index in [1.54, 1.807) is 12.0 Å². The summed E-state index contributed by atoms with van der Waals surface area (Å²) in [7, 11) is 1.54. The molecule has 0 bridgehead atoms. The Bertz CT molecular complexity index is 1040. The minimum atomic E-state index is -4.45. The summed E-state index contributed by atoms with van der Waals surface area (Å²) >= 11 is 0. The molecule has 0 saturated heterocycles. The number of halogens is 3. The summed E-state index contributed by atoms with van der Waals surface area (Å²) in [5, 5.41) is 8.71. The number of hydrazone groups is 1. The molecule has 2 aromatic carbocycles. The number of hydrogen-bond acceptors (Lipinski definition) is 6. The van der Waals surface area contributed by atoms with E-state index in [2.05, 4.69) is 10.4 Å². The van der Waals surface area contributed by atoms with Crippen LogP contribution in [0.4, 0.5) is 18.9 Å². The third kappa shape index (κ3) is 7.20. The molecule has 1 unspecified atom stereocenters. The van der Waals surface area contributed by atoms with Gasteiger partial charge in [0.15, 0.2) is 0 Å². The van der Waals surface area contributed by atoms with Crippen LogP contribution in [-0.2, 0) is 20.5 Å². The van der Waals surface area contributed by atoms with Crippen LogP contribution in [0.1, 0.15) is 24.5 Å². The minimum absolute atomic E-state index is 0.143. The summed E-state index contributed by atoms with van der Waals surface area (Å²) in [5.74, 6) is 0.270. The van der Waals surface area contributed by atoms with Gasteiger partial charge in [0.1, 0.15) is 12.3 Å². The molecule has 36 heavy (non-hydrogen) atoms. The molecule has 0 saturated carbocycles. The van der Waals surface area contributed by atoms with Crippen molar-refractivity contribution in [2.75, 3.05) is 45.3 Å². The molecule has 0 spiro atoms. The second-order valence-electron chi connectivity index (χ2n) is 8.18. The van der Waals surface area contributed by atoms with E-state index in [9.17, 15) is 22.8 Å². The van der Waals surface area contributed by atoms with Crippen molar-refractivity contribution in [3.05, 3.63) is 59.7 Å². The number of hydrogen-bond donors (Lipinski definition) is 1. The zero-order valence-corrected chi connectivity index (χ0v) is 20.1. The number of methoxy groups -OCH3 is 1. The van der Waals surface area contributed by atoms with Crippen LogP contribution in [0.25, 0.3) is 0 Å². The number of anilines is 1. The first-order valence-corrected chi connectivity index (χ1v) is 11.5. The van der Waals surface area contributed by atoms with Gasteiger partial charge < -0.3 is 19.7 Å². The smallest absolute Gasteiger partial charge is 0.416 e. The molecule has 194 valence electrons. The second-order valence-corrected chi connectivity index (χ2v) is 8.18. The zero-order chi connectivity index (χ0) is 26.1. The first kappa shape index (κ1) is 27.0. The Hall–Kier alpha value is -3.60. The van der Waals surface area contributed by atoms with Crippen LogP contribution in [0.5, 0.6) is 5.75 Å². The summed E-state index contributed by atoms with van der Waals surface area (Å²) in [6.45, 7) is 3.42. The molecule has 2 aromatic rings. The molecule has 8 nitrogen and oxygen atoms in total. The fourth-order valence-corrected chi connectivity index (χ4v) is 3.69. The van der Waals surface area contributed by atoms with Gasteiger partial charge in [-0.15, -0.1) is 0 Å². The van der Waals surface area contributed by atoms with Crippen LogP contribution >= 0.6 is 0 Å². The van der Waals surface area contributed by atoms with Crippen molar-refractivity contribution in [3.8, 4) is 5.75 Å². The van der Waals surface area contributed by atoms with Gasteiger partial charge in [0.2, 0.25) is 12.3 Å². The Morgan fingerprint density at radius 1 is 1.17 bits per heavy atom. The summed E-state index contributed by atoms with van der Waals surface area (Å²) < 4.78 is 49.0. The van der Waals surface area contributed by atoms with Crippen LogP contribution in [0, 0.1) is 0 Å². The van der Waals surface area contributed by atoms with Crippen molar-refractivity contribution < 1.29 is 32.2 Å². The van der Waals surface area contributed by atoms with E-state index in [0.717, 1.165) is 36.3 Å². The molecular formula is C25H29F3N4O4. The average molecular weight is 507 g/mol. The Balaban J connectivity index is 1.74.